The summed E-state index contributed by atoms with van der Waals surface area (Å²) in [5, 5.41) is 7.54. The zero-order valence-electron chi connectivity index (χ0n) is 8.43. The van der Waals surface area contributed by atoms with E-state index in [9.17, 15) is 0 Å². The first-order chi connectivity index (χ1) is 7.29. The molecule has 0 atom stereocenters. The Labute approximate surface area is 86.4 Å². The predicted molar refractivity (Wildman–Crippen MR) is 51.9 cm³/mol. The number of nitrogens with zero attached hydrogens (tertiary/aromatic N) is 3. The fraction of sp³-hybridized carbons (Fsp3) is 0.444. The minimum atomic E-state index is 0.433. The third-order valence-electron chi connectivity index (χ3n) is 1.91. The van der Waals surface area contributed by atoms with Crippen molar-refractivity contribution in [2.45, 2.75) is 19.8 Å². The maximum absolute atomic E-state index is 5.38. The third kappa shape index (κ3) is 2.21. The molecule has 0 aliphatic rings. The third-order valence-corrected chi connectivity index (χ3v) is 1.91. The van der Waals surface area contributed by atoms with Crippen molar-refractivity contribution < 1.29 is 9.05 Å². The van der Waals surface area contributed by atoms with Crippen molar-refractivity contribution in [2.24, 2.45) is 5.73 Å². The van der Waals surface area contributed by atoms with Gasteiger partial charge in [-0.2, -0.15) is 4.98 Å². The van der Waals surface area contributed by atoms with Crippen LogP contribution in [0.2, 0.25) is 0 Å². The van der Waals surface area contributed by atoms with Crippen LogP contribution in [0.15, 0.2) is 15.1 Å². The molecule has 0 saturated heterocycles. The first-order valence-electron chi connectivity index (χ1n) is 4.76. The van der Waals surface area contributed by atoms with Crippen molar-refractivity contribution in [1.82, 2.24) is 15.3 Å². The van der Waals surface area contributed by atoms with E-state index in [0.717, 1.165) is 12.1 Å². The van der Waals surface area contributed by atoms with Crippen LogP contribution in [-0.4, -0.2) is 21.8 Å². The molecule has 0 spiro atoms. The van der Waals surface area contributed by atoms with Gasteiger partial charge in [-0.15, -0.1) is 0 Å². The van der Waals surface area contributed by atoms with Gasteiger partial charge in [-0.3, -0.25) is 0 Å². The van der Waals surface area contributed by atoms with Crippen LogP contribution in [0.1, 0.15) is 18.0 Å². The lowest BCUT2D eigenvalue weighted by Crippen LogP contribution is -2.00. The zero-order chi connectivity index (χ0) is 10.7. The number of nitrogens with two attached hydrogens (primary N) is 1. The Morgan fingerprint density at radius 1 is 1.33 bits per heavy atom. The topological polar surface area (TPSA) is 91.0 Å². The fourth-order valence-corrected chi connectivity index (χ4v) is 1.18. The van der Waals surface area contributed by atoms with Crippen LogP contribution < -0.4 is 5.73 Å². The standard InChI is InChI=1S/C9H12N4O2/c1-6-5-7(14-12-6)9-11-8(15-13-9)3-2-4-10/h5H,2-4,10H2,1H3. The van der Waals surface area contributed by atoms with E-state index in [0.29, 0.717) is 30.4 Å². The summed E-state index contributed by atoms with van der Waals surface area (Å²) in [4.78, 5) is 4.16. The maximum Gasteiger partial charge on any atom is 0.241 e. The lowest BCUT2D eigenvalue weighted by Gasteiger charge is -1.87. The first kappa shape index (κ1) is 9.85. The first-order valence-corrected chi connectivity index (χ1v) is 4.76. The number of hydrogen-bond donors (Lipinski definition) is 1. The van der Waals surface area contributed by atoms with Gasteiger partial charge in [-0.05, 0) is 19.9 Å². The molecule has 15 heavy (non-hydrogen) atoms. The van der Waals surface area contributed by atoms with Crippen LogP contribution in [-0.2, 0) is 6.42 Å². The highest BCUT2D eigenvalue weighted by atomic mass is 16.5. The van der Waals surface area contributed by atoms with Gasteiger partial charge in [-0.25, -0.2) is 0 Å². The SMILES string of the molecule is Cc1cc(-c2noc(CCCN)n2)on1. The molecular formula is C9H12N4O2. The van der Waals surface area contributed by atoms with Crippen molar-refractivity contribution in [3.63, 3.8) is 0 Å². The molecule has 2 heterocycles. The van der Waals surface area contributed by atoms with Gasteiger partial charge in [0.05, 0.1) is 5.69 Å². The molecule has 80 valence electrons. The van der Waals surface area contributed by atoms with Crippen LogP contribution in [0.25, 0.3) is 11.6 Å². The largest absolute Gasteiger partial charge is 0.352 e. The van der Waals surface area contributed by atoms with Crippen LogP contribution >= 0.6 is 0 Å². The van der Waals surface area contributed by atoms with E-state index in [4.69, 9.17) is 14.8 Å². The maximum atomic E-state index is 5.38. The van der Waals surface area contributed by atoms with Gasteiger partial charge < -0.3 is 14.8 Å². The van der Waals surface area contributed by atoms with E-state index >= 15 is 0 Å². The van der Waals surface area contributed by atoms with Gasteiger partial charge in [0, 0.05) is 12.5 Å². The lowest BCUT2D eigenvalue weighted by atomic mass is 10.3. The van der Waals surface area contributed by atoms with Crippen molar-refractivity contribution in [3.05, 3.63) is 17.7 Å². The van der Waals surface area contributed by atoms with Crippen LogP contribution in [0.5, 0.6) is 0 Å². The summed E-state index contributed by atoms with van der Waals surface area (Å²) in [6, 6.07) is 1.76. The van der Waals surface area contributed by atoms with Gasteiger partial charge in [-0.1, -0.05) is 10.3 Å². The highest BCUT2D eigenvalue weighted by Gasteiger charge is 2.12. The van der Waals surface area contributed by atoms with Crippen molar-refractivity contribution in [2.75, 3.05) is 6.54 Å². The number of rotatable bonds is 4. The van der Waals surface area contributed by atoms with Crippen molar-refractivity contribution in [1.29, 1.82) is 0 Å². The van der Waals surface area contributed by atoms with E-state index in [2.05, 4.69) is 15.3 Å². The highest BCUT2D eigenvalue weighted by Crippen LogP contribution is 2.16. The number of hydrogen-bond acceptors (Lipinski definition) is 6. The lowest BCUT2D eigenvalue weighted by molar-refractivity contribution is 0.372. The highest BCUT2D eigenvalue weighted by molar-refractivity contribution is 5.45. The molecule has 0 aliphatic heterocycles. The molecule has 0 unspecified atom stereocenters. The van der Waals surface area contributed by atoms with E-state index in [1.165, 1.54) is 0 Å². The summed E-state index contributed by atoms with van der Waals surface area (Å²) in [6.07, 6.45) is 1.52. The molecule has 0 radical (unpaired) electrons. The van der Waals surface area contributed by atoms with Gasteiger partial charge in [0.1, 0.15) is 0 Å². The minimum Gasteiger partial charge on any atom is -0.352 e. The van der Waals surface area contributed by atoms with Crippen LogP contribution in [0.3, 0.4) is 0 Å². The summed E-state index contributed by atoms with van der Waals surface area (Å²) in [6.45, 7) is 2.45. The minimum absolute atomic E-state index is 0.433. The quantitative estimate of drug-likeness (QED) is 0.803. The van der Waals surface area contributed by atoms with Crippen LogP contribution in [0.4, 0.5) is 0 Å². The molecule has 6 heteroatoms. The molecule has 0 fully saturated rings. The molecule has 0 saturated carbocycles. The molecule has 0 bridgehead atoms. The second kappa shape index (κ2) is 4.22. The van der Waals surface area contributed by atoms with E-state index in [-0.39, 0.29) is 0 Å². The second-order valence-electron chi connectivity index (χ2n) is 3.24. The molecular weight excluding hydrogens is 196 g/mol. The zero-order valence-corrected chi connectivity index (χ0v) is 8.43. The Balaban J connectivity index is 2.13. The molecule has 0 amide bonds. The normalized spacial score (nSPS) is 10.8. The number of aromatic nitrogens is 3. The van der Waals surface area contributed by atoms with Gasteiger partial charge in [0.15, 0.2) is 0 Å². The monoisotopic (exact) mass is 208 g/mol. The Morgan fingerprint density at radius 3 is 2.87 bits per heavy atom. The Bertz CT molecular complexity index is 435. The summed E-state index contributed by atoms with van der Waals surface area (Å²) < 4.78 is 10.0. The fourth-order valence-electron chi connectivity index (χ4n) is 1.18. The van der Waals surface area contributed by atoms with Gasteiger partial charge in [0.25, 0.3) is 0 Å². The van der Waals surface area contributed by atoms with Crippen molar-refractivity contribution in [3.8, 4) is 11.6 Å². The Kier molecular flexibility index (Phi) is 2.77. The smallest absolute Gasteiger partial charge is 0.241 e. The summed E-state index contributed by atoms with van der Waals surface area (Å²) in [5.74, 6) is 1.53. The second-order valence-corrected chi connectivity index (χ2v) is 3.24. The van der Waals surface area contributed by atoms with Crippen molar-refractivity contribution >= 4 is 0 Å². The summed E-state index contributed by atoms with van der Waals surface area (Å²) >= 11 is 0. The molecule has 6 nitrogen and oxygen atoms in total. The average Bonchev–Trinajstić information content (AvgIpc) is 2.83. The molecule has 0 aromatic carbocycles. The molecule has 0 aliphatic carbocycles. The molecule has 2 aromatic heterocycles. The molecule has 2 rings (SSSR count). The Morgan fingerprint density at radius 2 is 2.20 bits per heavy atom. The van der Waals surface area contributed by atoms with E-state index in [1.54, 1.807) is 6.07 Å². The number of aryl methyl sites for hydroxylation is 2. The van der Waals surface area contributed by atoms with Gasteiger partial charge >= 0.3 is 0 Å². The summed E-state index contributed by atoms with van der Waals surface area (Å²) in [5.41, 5.74) is 6.17. The van der Waals surface area contributed by atoms with Gasteiger partial charge in [0.2, 0.25) is 17.5 Å². The van der Waals surface area contributed by atoms with E-state index < -0.39 is 0 Å². The van der Waals surface area contributed by atoms with E-state index in [1.807, 2.05) is 6.92 Å². The predicted octanol–water partition coefficient (Wildman–Crippen LogP) is 0.924. The average molecular weight is 208 g/mol. The summed E-state index contributed by atoms with van der Waals surface area (Å²) in [7, 11) is 0. The molecule has 2 N–H and O–H groups in total. The van der Waals surface area contributed by atoms with Crippen LogP contribution in [0, 0.1) is 6.92 Å². The Hall–Kier alpha value is -1.69. The molecule has 2 aromatic rings.